The number of aliphatic hydroxyl groups is 1. The Hall–Kier alpha value is -4.52. The predicted molar refractivity (Wildman–Crippen MR) is 198 cm³/mol. The Morgan fingerprint density at radius 3 is 2.27 bits per heavy atom. The minimum Gasteiger partial charge on any atom is -0.497 e. The van der Waals surface area contributed by atoms with Crippen molar-refractivity contribution in [2.45, 2.75) is 63.7 Å². The van der Waals surface area contributed by atoms with E-state index in [0.29, 0.717) is 25.4 Å². The van der Waals surface area contributed by atoms with Crippen molar-refractivity contribution < 1.29 is 27.9 Å². The van der Waals surface area contributed by atoms with Gasteiger partial charge in [0.1, 0.15) is 11.8 Å². The van der Waals surface area contributed by atoms with E-state index in [1.807, 2.05) is 94.4 Å². The highest BCUT2D eigenvalue weighted by atomic mass is 32.2. The van der Waals surface area contributed by atoms with Gasteiger partial charge in [0.15, 0.2) is 0 Å². The third-order valence-electron chi connectivity index (χ3n) is 9.12. The molecule has 1 unspecified atom stereocenters. The number of amides is 3. The molecule has 0 saturated carbocycles. The van der Waals surface area contributed by atoms with Crippen LogP contribution in [-0.4, -0.2) is 96.0 Å². The van der Waals surface area contributed by atoms with E-state index in [1.54, 1.807) is 21.9 Å². The number of nitrogens with one attached hydrogen (secondary N) is 1. The predicted octanol–water partition coefficient (Wildman–Crippen LogP) is 4.94. The number of para-hydroxylation sites is 1. The number of fused-ring (bicyclic) bond motifs is 1. The monoisotopic (exact) mass is 715 g/mol. The van der Waals surface area contributed by atoms with Crippen molar-refractivity contribution in [3.8, 4) is 5.75 Å². The maximum Gasteiger partial charge on any atom is 0.321 e. The summed E-state index contributed by atoms with van der Waals surface area (Å²) in [4.78, 5) is 36.1. The Balaban J connectivity index is 1.35. The second-order valence-corrected chi connectivity index (χ2v) is 15.8. The van der Waals surface area contributed by atoms with Crippen molar-refractivity contribution >= 4 is 32.9 Å². The molecule has 2 heterocycles. The summed E-state index contributed by atoms with van der Waals surface area (Å²) < 4.78 is 34.2. The van der Waals surface area contributed by atoms with Gasteiger partial charge in [0, 0.05) is 31.6 Å². The van der Waals surface area contributed by atoms with E-state index in [2.05, 4.69) is 5.32 Å². The summed E-state index contributed by atoms with van der Waals surface area (Å²) in [5, 5.41) is 15.8. The number of hydrogen-bond acceptors (Lipinski definition) is 7. The Morgan fingerprint density at radius 1 is 0.922 bits per heavy atom. The zero-order valence-corrected chi connectivity index (χ0v) is 30.8. The fourth-order valence-corrected chi connectivity index (χ4v) is 8.15. The highest BCUT2D eigenvalue weighted by Gasteiger charge is 2.40. The van der Waals surface area contributed by atoms with Crippen molar-refractivity contribution in [3.05, 3.63) is 102 Å². The van der Waals surface area contributed by atoms with Crippen LogP contribution in [0, 0.1) is 11.8 Å². The lowest BCUT2D eigenvalue weighted by molar-refractivity contribution is -0.128. The van der Waals surface area contributed by atoms with Gasteiger partial charge in [-0.25, -0.2) is 13.2 Å². The number of urea groups is 1. The molecule has 3 aromatic carbocycles. The van der Waals surface area contributed by atoms with E-state index in [0.717, 1.165) is 22.2 Å². The second kappa shape index (κ2) is 16.7. The minimum atomic E-state index is -4.00. The number of pyridine rings is 1. The van der Waals surface area contributed by atoms with Crippen LogP contribution in [0.4, 0.5) is 4.79 Å². The molecule has 0 spiro atoms. The summed E-state index contributed by atoms with van der Waals surface area (Å²) in [5.74, 6) is -0.154. The van der Waals surface area contributed by atoms with Gasteiger partial charge in [-0.15, -0.1) is 0 Å². The van der Waals surface area contributed by atoms with Gasteiger partial charge in [-0.1, -0.05) is 82.3 Å². The SMILES string of the molecule is COc1ccc(S(=O)(=O)N(CC(C)C)C[C@@H](O)[C@H](Cc2ccccc2)NC(=O)C(C(C)C)N2CCN(Cc3ccc4ccccc4n3)C2=O)cc1. The smallest absolute Gasteiger partial charge is 0.321 e. The van der Waals surface area contributed by atoms with Crippen molar-refractivity contribution in [1.29, 1.82) is 0 Å². The molecule has 4 aromatic rings. The molecule has 0 radical (unpaired) electrons. The molecular formula is C39H49N5O6S. The van der Waals surface area contributed by atoms with Gasteiger partial charge >= 0.3 is 6.03 Å². The highest BCUT2D eigenvalue weighted by Crippen LogP contribution is 2.24. The third kappa shape index (κ3) is 9.24. The summed E-state index contributed by atoms with van der Waals surface area (Å²) in [6, 6.07) is 25.4. The number of aromatic nitrogens is 1. The first-order chi connectivity index (χ1) is 24.4. The van der Waals surface area contributed by atoms with Crippen LogP contribution < -0.4 is 10.1 Å². The number of hydrogen-bond donors (Lipinski definition) is 2. The van der Waals surface area contributed by atoms with Gasteiger partial charge in [-0.05, 0) is 60.2 Å². The highest BCUT2D eigenvalue weighted by molar-refractivity contribution is 7.89. The molecule has 3 atom stereocenters. The zero-order valence-electron chi connectivity index (χ0n) is 30.0. The van der Waals surface area contributed by atoms with Crippen molar-refractivity contribution in [2.75, 3.05) is 33.3 Å². The fourth-order valence-electron chi connectivity index (χ4n) is 6.53. The molecule has 0 aliphatic carbocycles. The summed E-state index contributed by atoms with van der Waals surface area (Å²) in [6.45, 7) is 8.62. The summed E-state index contributed by atoms with van der Waals surface area (Å²) in [6.07, 6.45) is -1.01. The number of sulfonamides is 1. The lowest BCUT2D eigenvalue weighted by Gasteiger charge is -2.34. The number of ether oxygens (including phenoxy) is 1. The molecule has 5 rings (SSSR count). The van der Waals surface area contributed by atoms with Crippen LogP contribution in [0.25, 0.3) is 10.9 Å². The van der Waals surface area contributed by atoms with Crippen LogP contribution in [0.3, 0.4) is 0 Å². The maximum absolute atomic E-state index is 14.2. The van der Waals surface area contributed by atoms with Crippen molar-refractivity contribution in [2.24, 2.45) is 11.8 Å². The molecule has 2 N–H and O–H groups in total. The number of aliphatic hydroxyl groups excluding tert-OH is 1. The van der Waals surface area contributed by atoms with Crippen LogP contribution in [0.5, 0.6) is 5.75 Å². The molecule has 12 heteroatoms. The van der Waals surface area contributed by atoms with Crippen LogP contribution in [-0.2, 0) is 27.8 Å². The van der Waals surface area contributed by atoms with Crippen LogP contribution >= 0.6 is 0 Å². The standard InChI is InChI=1S/C39H49N5O6S/c1-27(2)24-43(51(48,49)33-19-17-32(50-5)18-20-33)26-36(45)35(23-29-11-7-6-8-12-29)41-38(46)37(28(3)4)44-22-21-42(39(44)47)25-31-16-15-30-13-9-10-14-34(30)40-31/h6-20,27-28,35-37,45H,21-26H2,1-5H3,(H,41,46)/t35-,36+,37?/m0/s1. The van der Waals surface area contributed by atoms with E-state index in [4.69, 9.17) is 9.72 Å². The zero-order chi connectivity index (χ0) is 36.7. The van der Waals surface area contributed by atoms with E-state index in [-0.39, 0.29) is 42.3 Å². The van der Waals surface area contributed by atoms with Crippen molar-refractivity contribution in [3.63, 3.8) is 0 Å². The van der Waals surface area contributed by atoms with E-state index >= 15 is 0 Å². The fraction of sp³-hybridized carbons (Fsp3) is 0.410. The van der Waals surface area contributed by atoms with E-state index in [1.165, 1.54) is 23.5 Å². The first kappa shape index (κ1) is 37.7. The largest absolute Gasteiger partial charge is 0.497 e. The molecular weight excluding hydrogens is 667 g/mol. The first-order valence-electron chi connectivity index (χ1n) is 17.4. The van der Waals surface area contributed by atoms with E-state index in [9.17, 15) is 23.1 Å². The van der Waals surface area contributed by atoms with E-state index < -0.39 is 34.1 Å². The van der Waals surface area contributed by atoms with Gasteiger partial charge in [-0.3, -0.25) is 9.78 Å². The molecule has 51 heavy (non-hydrogen) atoms. The van der Waals surface area contributed by atoms with Crippen LogP contribution in [0.15, 0.2) is 95.9 Å². The maximum atomic E-state index is 14.2. The van der Waals surface area contributed by atoms with Gasteiger partial charge in [-0.2, -0.15) is 4.31 Å². The van der Waals surface area contributed by atoms with Crippen LogP contribution in [0.2, 0.25) is 0 Å². The molecule has 1 saturated heterocycles. The molecule has 0 bridgehead atoms. The number of carbonyl (C=O) groups excluding carboxylic acids is 2. The normalized spacial score (nSPS) is 15.5. The molecule has 1 aliphatic rings. The van der Waals surface area contributed by atoms with Crippen molar-refractivity contribution in [1.82, 2.24) is 24.4 Å². The average molecular weight is 716 g/mol. The Morgan fingerprint density at radius 2 is 1.61 bits per heavy atom. The third-order valence-corrected chi connectivity index (χ3v) is 11.0. The number of benzene rings is 3. The number of carbonyl (C=O) groups is 2. The van der Waals surface area contributed by atoms with Gasteiger partial charge in [0.2, 0.25) is 15.9 Å². The van der Waals surface area contributed by atoms with Crippen LogP contribution in [0.1, 0.15) is 39.0 Å². The molecule has 1 fully saturated rings. The summed E-state index contributed by atoms with van der Waals surface area (Å²) in [7, 11) is -2.49. The summed E-state index contributed by atoms with van der Waals surface area (Å²) in [5.41, 5.74) is 2.48. The molecule has 11 nitrogen and oxygen atoms in total. The summed E-state index contributed by atoms with van der Waals surface area (Å²) >= 11 is 0. The lowest BCUT2D eigenvalue weighted by atomic mass is 9.97. The Kier molecular flexibility index (Phi) is 12.3. The first-order valence-corrected chi connectivity index (χ1v) is 18.9. The molecule has 3 amide bonds. The topological polar surface area (TPSA) is 132 Å². The number of nitrogens with zero attached hydrogens (tertiary/aromatic N) is 4. The lowest BCUT2D eigenvalue weighted by Crippen LogP contribution is -2.57. The minimum absolute atomic E-state index is 0.0355. The average Bonchev–Trinajstić information content (AvgIpc) is 3.46. The number of rotatable bonds is 16. The van der Waals surface area contributed by atoms with Gasteiger partial charge < -0.3 is 25.0 Å². The molecule has 1 aromatic heterocycles. The molecule has 1 aliphatic heterocycles. The Labute approximate surface area is 301 Å². The van der Waals surface area contributed by atoms with Gasteiger partial charge in [0.05, 0.1) is 41.9 Å². The van der Waals surface area contributed by atoms with Gasteiger partial charge in [0.25, 0.3) is 0 Å². The molecule has 272 valence electrons. The Bertz CT molecular complexity index is 1890. The number of methoxy groups -OCH3 is 1. The second-order valence-electron chi connectivity index (χ2n) is 13.8. The quantitative estimate of drug-likeness (QED) is 0.168.